The van der Waals surface area contributed by atoms with Crippen LogP contribution in [0.4, 0.5) is 5.69 Å². The van der Waals surface area contributed by atoms with Crippen LogP contribution < -0.4 is 15.6 Å². The molecule has 0 saturated carbocycles. The molecule has 1 aliphatic heterocycles. The molecule has 27 heavy (non-hydrogen) atoms. The highest BCUT2D eigenvalue weighted by molar-refractivity contribution is 9.10. The second-order valence-corrected chi connectivity index (χ2v) is 7.42. The average Bonchev–Trinajstić information content (AvgIpc) is 2.71. The lowest BCUT2D eigenvalue weighted by molar-refractivity contribution is 0.288. The van der Waals surface area contributed by atoms with Crippen molar-refractivity contribution in [1.82, 2.24) is 9.78 Å². The van der Waals surface area contributed by atoms with Gasteiger partial charge < -0.3 is 10.1 Å². The fourth-order valence-electron chi connectivity index (χ4n) is 3.19. The summed E-state index contributed by atoms with van der Waals surface area (Å²) in [4.78, 5) is 11.9. The fraction of sp³-hybridized carbons (Fsp3) is 0.238. The van der Waals surface area contributed by atoms with Gasteiger partial charge in [0.15, 0.2) is 0 Å². The van der Waals surface area contributed by atoms with E-state index in [0.717, 1.165) is 30.8 Å². The van der Waals surface area contributed by atoms with Crippen LogP contribution in [0, 0.1) is 0 Å². The number of halogens is 1. The van der Waals surface area contributed by atoms with E-state index in [1.807, 2.05) is 0 Å². The Morgan fingerprint density at radius 2 is 1.96 bits per heavy atom. The van der Waals surface area contributed by atoms with Gasteiger partial charge in [-0.3, -0.25) is 4.79 Å². The monoisotopic (exact) mass is 425 g/mol. The normalized spacial score (nSPS) is 13.0. The maximum absolute atomic E-state index is 11.9. The van der Waals surface area contributed by atoms with Gasteiger partial charge in [-0.2, -0.15) is 5.10 Å². The molecule has 2 aromatic carbocycles. The van der Waals surface area contributed by atoms with Gasteiger partial charge in [0, 0.05) is 13.6 Å². The van der Waals surface area contributed by atoms with Crippen LogP contribution in [0.15, 0.2) is 57.9 Å². The maximum atomic E-state index is 11.9. The van der Waals surface area contributed by atoms with E-state index in [2.05, 4.69) is 68.8 Å². The first kappa shape index (κ1) is 17.8. The smallest absolute Gasteiger partial charge is 0.282 e. The average molecular weight is 426 g/mol. The zero-order chi connectivity index (χ0) is 18.8. The van der Waals surface area contributed by atoms with Crippen molar-refractivity contribution in [3.05, 3.63) is 74.6 Å². The Kier molecular flexibility index (Phi) is 4.99. The molecule has 0 unspecified atom stereocenters. The highest BCUT2D eigenvalue weighted by atomic mass is 79.9. The molecule has 0 atom stereocenters. The Morgan fingerprint density at radius 3 is 2.78 bits per heavy atom. The van der Waals surface area contributed by atoms with Gasteiger partial charge >= 0.3 is 0 Å². The molecule has 1 aromatic heterocycles. The summed E-state index contributed by atoms with van der Waals surface area (Å²) in [5.74, 6) is 1.01. The van der Waals surface area contributed by atoms with E-state index in [1.54, 1.807) is 13.2 Å². The second-order valence-electron chi connectivity index (χ2n) is 6.63. The molecule has 0 fully saturated rings. The number of nitrogens with zero attached hydrogens (tertiary/aromatic N) is 2. The lowest BCUT2D eigenvalue weighted by atomic mass is 9.98. The quantitative estimate of drug-likeness (QED) is 0.681. The number of rotatable bonds is 4. The number of ether oxygens (including phenoxy) is 1. The first-order valence-electron chi connectivity index (χ1n) is 8.92. The molecular weight excluding hydrogens is 406 g/mol. The molecule has 0 amide bonds. The van der Waals surface area contributed by atoms with Crippen LogP contribution >= 0.6 is 15.9 Å². The fourth-order valence-corrected chi connectivity index (χ4v) is 3.69. The van der Waals surface area contributed by atoms with Crippen molar-refractivity contribution < 1.29 is 4.74 Å². The molecule has 1 aliphatic rings. The Bertz CT molecular complexity index is 1030. The molecule has 2 heterocycles. The lowest BCUT2D eigenvalue weighted by Crippen LogP contribution is -2.21. The molecule has 6 heteroatoms. The number of anilines is 1. The number of nitrogens with one attached hydrogen (secondary N) is 1. The summed E-state index contributed by atoms with van der Waals surface area (Å²) in [5.41, 5.74) is 5.34. The van der Waals surface area contributed by atoms with Gasteiger partial charge in [-0.15, -0.1) is 0 Å². The molecule has 0 aliphatic carbocycles. The number of aryl methyl sites for hydroxylation is 2. The number of benzene rings is 2. The van der Waals surface area contributed by atoms with Gasteiger partial charge in [-0.1, -0.05) is 30.3 Å². The van der Waals surface area contributed by atoms with E-state index in [0.29, 0.717) is 16.7 Å². The highest BCUT2D eigenvalue weighted by Gasteiger charge is 2.11. The molecule has 4 rings (SSSR count). The van der Waals surface area contributed by atoms with E-state index in [9.17, 15) is 4.79 Å². The Balaban J connectivity index is 1.48. The highest BCUT2D eigenvalue weighted by Crippen LogP contribution is 2.30. The van der Waals surface area contributed by atoms with Crippen molar-refractivity contribution in [3.63, 3.8) is 0 Å². The molecule has 0 saturated heterocycles. The van der Waals surface area contributed by atoms with Gasteiger partial charge in [0.25, 0.3) is 5.56 Å². The van der Waals surface area contributed by atoms with E-state index in [4.69, 9.17) is 4.74 Å². The van der Waals surface area contributed by atoms with Gasteiger partial charge in [0.2, 0.25) is 0 Å². The van der Waals surface area contributed by atoms with Crippen molar-refractivity contribution in [2.75, 3.05) is 11.9 Å². The summed E-state index contributed by atoms with van der Waals surface area (Å²) < 4.78 is 7.48. The first-order valence-corrected chi connectivity index (χ1v) is 9.72. The molecule has 3 aromatic rings. The van der Waals surface area contributed by atoms with Crippen LogP contribution in [-0.2, 0) is 20.0 Å². The standard InChI is InChI=1S/C21H20BrN3O2/c1-25-21(26)20(22)18(13-24-25)23-12-14-4-6-15(7-5-14)16-8-9-19-17(11-16)3-2-10-27-19/h4-9,11,13,23H,2-3,10,12H2,1H3. The third kappa shape index (κ3) is 3.76. The van der Waals surface area contributed by atoms with Crippen molar-refractivity contribution >= 4 is 21.6 Å². The number of hydrogen-bond donors (Lipinski definition) is 1. The zero-order valence-electron chi connectivity index (χ0n) is 15.0. The largest absolute Gasteiger partial charge is 0.493 e. The summed E-state index contributed by atoms with van der Waals surface area (Å²) in [5, 5.41) is 7.30. The van der Waals surface area contributed by atoms with Gasteiger partial charge in [0.1, 0.15) is 10.2 Å². The summed E-state index contributed by atoms with van der Waals surface area (Å²) in [6.45, 7) is 1.43. The third-order valence-electron chi connectivity index (χ3n) is 4.76. The summed E-state index contributed by atoms with van der Waals surface area (Å²) >= 11 is 3.33. The Labute approximate surface area is 166 Å². The van der Waals surface area contributed by atoms with Gasteiger partial charge in [-0.05, 0) is 63.2 Å². The molecule has 0 radical (unpaired) electrons. The van der Waals surface area contributed by atoms with Crippen molar-refractivity contribution in [3.8, 4) is 16.9 Å². The predicted molar refractivity (Wildman–Crippen MR) is 110 cm³/mol. The van der Waals surface area contributed by atoms with E-state index >= 15 is 0 Å². The van der Waals surface area contributed by atoms with Crippen molar-refractivity contribution in [2.24, 2.45) is 7.05 Å². The van der Waals surface area contributed by atoms with Crippen LogP contribution in [0.2, 0.25) is 0 Å². The lowest BCUT2D eigenvalue weighted by Gasteiger charge is -2.18. The summed E-state index contributed by atoms with van der Waals surface area (Å²) in [6.07, 6.45) is 3.80. The maximum Gasteiger partial charge on any atom is 0.282 e. The molecule has 5 nitrogen and oxygen atoms in total. The minimum Gasteiger partial charge on any atom is -0.493 e. The van der Waals surface area contributed by atoms with Crippen molar-refractivity contribution in [2.45, 2.75) is 19.4 Å². The molecular formula is C21H20BrN3O2. The van der Waals surface area contributed by atoms with E-state index in [-0.39, 0.29) is 5.56 Å². The zero-order valence-corrected chi connectivity index (χ0v) is 16.6. The van der Waals surface area contributed by atoms with E-state index in [1.165, 1.54) is 21.4 Å². The van der Waals surface area contributed by atoms with Crippen LogP contribution in [0.1, 0.15) is 17.5 Å². The minimum absolute atomic E-state index is 0.160. The van der Waals surface area contributed by atoms with Crippen LogP contribution in [0.5, 0.6) is 5.75 Å². The second kappa shape index (κ2) is 7.56. The SMILES string of the molecule is Cn1ncc(NCc2ccc(-c3ccc4c(c3)CCCO4)cc2)c(Br)c1=O. The first-order chi connectivity index (χ1) is 13.1. The third-order valence-corrected chi connectivity index (χ3v) is 5.52. The van der Waals surface area contributed by atoms with Crippen LogP contribution in [-0.4, -0.2) is 16.4 Å². The minimum atomic E-state index is -0.160. The van der Waals surface area contributed by atoms with Crippen molar-refractivity contribution in [1.29, 1.82) is 0 Å². The molecule has 138 valence electrons. The van der Waals surface area contributed by atoms with Gasteiger partial charge in [0.05, 0.1) is 18.5 Å². The van der Waals surface area contributed by atoms with Gasteiger partial charge in [-0.25, -0.2) is 4.68 Å². The van der Waals surface area contributed by atoms with Crippen LogP contribution in [0.25, 0.3) is 11.1 Å². The molecule has 1 N–H and O–H groups in total. The molecule has 0 bridgehead atoms. The number of aromatic nitrogens is 2. The topological polar surface area (TPSA) is 56.1 Å². The van der Waals surface area contributed by atoms with Crippen LogP contribution in [0.3, 0.4) is 0 Å². The molecule has 0 spiro atoms. The number of fused-ring (bicyclic) bond motifs is 1. The predicted octanol–water partition coefficient (Wildman–Crippen LogP) is 4.15. The number of hydrogen-bond acceptors (Lipinski definition) is 4. The Morgan fingerprint density at radius 1 is 1.19 bits per heavy atom. The summed E-state index contributed by atoms with van der Waals surface area (Å²) in [6, 6.07) is 14.9. The summed E-state index contributed by atoms with van der Waals surface area (Å²) in [7, 11) is 1.63. The van der Waals surface area contributed by atoms with E-state index < -0.39 is 0 Å². The Hall–Kier alpha value is -2.60.